The number of aromatic nitrogens is 5. The fourth-order valence-corrected chi connectivity index (χ4v) is 5.99. The van der Waals surface area contributed by atoms with Gasteiger partial charge in [0.25, 0.3) is 5.92 Å². The quantitative estimate of drug-likeness (QED) is 0.476. The Morgan fingerprint density at radius 1 is 1.03 bits per heavy atom. The van der Waals surface area contributed by atoms with E-state index in [-0.39, 0.29) is 12.8 Å². The fraction of sp³-hybridized carbons (Fsp3) is 0.571. The first-order chi connectivity index (χ1) is 18.0. The number of hydrogen-bond donors (Lipinski definition) is 1. The summed E-state index contributed by atoms with van der Waals surface area (Å²) in [7, 11) is 0. The number of piperidine rings is 1. The van der Waals surface area contributed by atoms with Crippen molar-refractivity contribution in [2.45, 2.75) is 74.8 Å². The molecule has 0 aromatic carbocycles. The molecule has 37 heavy (non-hydrogen) atoms. The molecule has 0 amide bonds. The SMILES string of the molecule is FC1(F)CC(c2ccc(N3CCC[C@@H](NCC4CC4)C3)cn2)(n2cc(-c3cncc(C4CC4)c3)nn2)C1. The second-order valence-electron chi connectivity index (χ2n) is 11.6. The predicted octanol–water partition coefficient (Wildman–Crippen LogP) is 4.75. The first-order valence-electron chi connectivity index (χ1n) is 13.7. The van der Waals surface area contributed by atoms with Crippen molar-refractivity contribution in [1.29, 1.82) is 0 Å². The molecule has 0 bridgehead atoms. The van der Waals surface area contributed by atoms with Gasteiger partial charge < -0.3 is 10.2 Å². The molecule has 4 heterocycles. The van der Waals surface area contributed by atoms with E-state index in [0.29, 0.717) is 23.3 Å². The zero-order valence-electron chi connectivity index (χ0n) is 21.0. The lowest BCUT2D eigenvalue weighted by Crippen LogP contribution is -2.54. The fourth-order valence-electron chi connectivity index (χ4n) is 5.99. The van der Waals surface area contributed by atoms with E-state index in [0.717, 1.165) is 43.2 Å². The number of rotatable bonds is 8. The summed E-state index contributed by atoms with van der Waals surface area (Å²) in [4.78, 5) is 11.5. The zero-order valence-corrected chi connectivity index (χ0v) is 21.0. The van der Waals surface area contributed by atoms with Gasteiger partial charge in [-0.1, -0.05) is 5.21 Å². The molecular formula is C28H33F2N7. The third kappa shape index (κ3) is 4.62. The Hall–Kier alpha value is -2.94. The number of anilines is 1. The molecular weight excluding hydrogens is 472 g/mol. The molecule has 4 fully saturated rings. The molecule has 7 nitrogen and oxygen atoms in total. The monoisotopic (exact) mass is 505 g/mol. The van der Waals surface area contributed by atoms with Crippen LogP contribution in [0.1, 0.15) is 68.5 Å². The third-order valence-electron chi connectivity index (χ3n) is 8.54. The van der Waals surface area contributed by atoms with Gasteiger partial charge >= 0.3 is 0 Å². The van der Waals surface area contributed by atoms with Crippen molar-refractivity contribution in [3.8, 4) is 11.3 Å². The van der Waals surface area contributed by atoms with Gasteiger partial charge in [0.05, 0.1) is 23.8 Å². The van der Waals surface area contributed by atoms with E-state index in [2.05, 4.69) is 31.6 Å². The lowest BCUT2D eigenvalue weighted by molar-refractivity contribution is -0.141. The maximum atomic E-state index is 14.3. The van der Waals surface area contributed by atoms with Gasteiger partial charge in [0.15, 0.2) is 0 Å². The van der Waals surface area contributed by atoms with Crippen molar-refractivity contribution in [2.75, 3.05) is 24.5 Å². The Bertz CT molecular complexity index is 1260. The summed E-state index contributed by atoms with van der Waals surface area (Å²) in [5, 5.41) is 12.4. The van der Waals surface area contributed by atoms with Crippen LogP contribution in [0, 0.1) is 5.92 Å². The summed E-state index contributed by atoms with van der Waals surface area (Å²) in [6.07, 6.45) is 14.0. The van der Waals surface area contributed by atoms with Crippen molar-refractivity contribution in [3.63, 3.8) is 0 Å². The van der Waals surface area contributed by atoms with Crippen LogP contribution in [0.4, 0.5) is 14.5 Å². The van der Waals surface area contributed by atoms with Gasteiger partial charge in [0.2, 0.25) is 0 Å². The van der Waals surface area contributed by atoms with E-state index in [1.54, 1.807) is 17.1 Å². The number of alkyl halides is 2. The number of halogens is 2. The Kier molecular flexibility index (Phi) is 5.53. The van der Waals surface area contributed by atoms with Gasteiger partial charge in [-0.2, -0.15) is 0 Å². The van der Waals surface area contributed by atoms with E-state index in [1.807, 2.05) is 24.5 Å². The Morgan fingerprint density at radius 3 is 2.62 bits per heavy atom. The number of hydrogen-bond acceptors (Lipinski definition) is 6. The molecule has 3 aliphatic carbocycles. The first kappa shape index (κ1) is 23.2. The lowest BCUT2D eigenvalue weighted by Gasteiger charge is -2.46. The Morgan fingerprint density at radius 2 is 1.89 bits per heavy atom. The molecule has 1 saturated heterocycles. The lowest BCUT2D eigenvalue weighted by atomic mass is 9.71. The largest absolute Gasteiger partial charge is 0.369 e. The summed E-state index contributed by atoms with van der Waals surface area (Å²) in [6.45, 7) is 3.07. The molecule has 194 valence electrons. The van der Waals surface area contributed by atoms with E-state index >= 15 is 0 Å². The maximum Gasteiger partial charge on any atom is 0.253 e. The van der Waals surface area contributed by atoms with Crippen molar-refractivity contribution >= 4 is 5.69 Å². The topological polar surface area (TPSA) is 71.8 Å². The van der Waals surface area contributed by atoms with Crippen LogP contribution >= 0.6 is 0 Å². The first-order valence-corrected chi connectivity index (χ1v) is 13.7. The summed E-state index contributed by atoms with van der Waals surface area (Å²) < 4.78 is 30.2. The minimum Gasteiger partial charge on any atom is -0.369 e. The van der Waals surface area contributed by atoms with Gasteiger partial charge in [0, 0.05) is 49.9 Å². The normalized spacial score (nSPS) is 24.6. The van der Waals surface area contributed by atoms with Gasteiger partial charge in [-0.3, -0.25) is 9.97 Å². The van der Waals surface area contributed by atoms with Crippen molar-refractivity contribution < 1.29 is 8.78 Å². The second kappa shape index (κ2) is 8.82. The Labute approximate surface area is 215 Å². The maximum absolute atomic E-state index is 14.3. The molecule has 3 aromatic heterocycles. The highest BCUT2D eigenvalue weighted by atomic mass is 19.3. The number of pyridine rings is 2. The molecule has 1 N–H and O–H groups in total. The smallest absolute Gasteiger partial charge is 0.253 e. The van der Waals surface area contributed by atoms with E-state index in [4.69, 9.17) is 4.98 Å². The second-order valence-corrected chi connectivity index (χ2v) is 11.6. The minimum absolute atomic E-state index is 0.327. The van der Waals surface area contributed by atoms with Gasteiger partial charge in [-0.15, -0.1) is 5.10 Å². The molecule has 9 heteroatoms. The summed E-state index contributed by atoms with van der Waals surface area (Å²) in [5.74, 6) is -1.30. The van der Waals surface area contributed by atoms with Crippen molar-refractivity contribution in [3.05, 3.63) is 54.2 Å². The highest BCUT2D eigenvalue weighted by Crippen LogP contribution is 2.53. The number of nitrogens with one attached hydrogen (secondary N) is 1. The molecule has 0 unspecified atom stereocenters. The van der Waals surface area contributed by atoms with Gasteiger partial charge in [-0.25, -0.2) is 13.5 Å². The van der Waals surface area contributed by atoms with E-state index in [9.17, 15) is 8.78 Å². The van der Waals surface area contributed by atoms with Gasteiger partial charge in [0.1, 0.15) is 11.2 Å². The minimum atomic E-state index is -2.74. The average Bonchev–Trinajstić information content (AvgIpc) is 3.84. The van der Waals surface area contributed by atoms with Crippen molar-refractivity contribution in [2.24, 2.45) is 5.92 Å². The molecule has 1 aliphatic heterocycles. The molecule has 0 spiro atoms. The molecule has 3 saturated carbocycles. The van der Waals surface area contributed by atoms with Crippen LogP contribution in [0.15, 0.2) is 43.0 Å². The van der Waals surface area contributed by atoms with Gasteiger partial charge in [-0.05, 0) is 80.7 Å². The highest BCUT2D eigenvalue weighted by Gasteiger charge is 2.60. The van der Waals surface area contributed by atoms with Crippen LogP contribution in [0.25, 0.3) is 11.3 Å². The van der Waals surface area contributed by atoms with Crippen LogP contribution in [-0.2, 0) is 5.54 Å². The Balaban J connectivity index is 1.11. The zero-order chi connectivity index (χ0) is 25.0. The number of nitrogens with zero attached hydrogens (tertiary/aromatic N) is 6. The summed E-state index contributed by atoms with van der Waals surface area (Å²) >= 11 is 0. The highest BCUT2D eigenvalue weighted by molar-refractivity contribution is 5.58. The summed E-state index contributed by atoms with van der Waals surface area (Å²) in [5.41, 5.74) is 3.39. The van der Waals surface area contributed by atoms with Crippen LogP contribution < -0.4 is 10.2 Å². The third-order valence-corrected chi connectivity index (χ3v) is 8.54. The van der Waals surface area contributed by atoms with Crippen molar-refractivity contribution in [1.82, 2.24) is 30.3 Å². The van der Waals surface area contributed by atoms with Crippen LogP contribution in [0.3, 0.4) is 0 Å². The average molecular weight is 506 g/mol. The molecule has 4 aliphatic rings. The van der Waals surface area contributed by atoms with Crippen LogP contribution in [0.5, 0.6) is 0 Å². The predicted molar refractivity (Wildman–Crippen MR) is 137 cm³/mol. The molecule has 7 rings (SSSR count). The van der Waals surface area contributed by atoms with E-state index in [1.165, 1.54) is 37.7 Å². The molecule has 1 atom stereocenters. The molecule has 0 radical (unpaired) electrons. The van der Waals surface area contributed by atoms with E-state index < -0.39 is 11.5 Å². The standard InChI is InChI=1S/C28H33F2N7/c29-28(30)17-27(18-28,37-16-25(34-35-37)22-10-21(12-31-13-22)20-5-6-20)26-8-7-24(14-33-26)36-9-1-2-23(15-36)32-11-19-3-4-19/h7-8,10,12-14,16,19-20,23,32H,1-6,9,11,15,17-18H2/t23-/m1/s1. The van der Waals surface area contributed by atoms with Crippen LogP contribution in [-0.4, -0.2) is 56.6 Å². The molecule has 3 aromatic rings. The summed E-state index contributed by atoms with van der Waals surface area (Å²) in [6, 6.07) is 6.53. The van der Waals surface area contributed by atoms with Crippen LogP contribution in [0.2, 0.25) is 0 Å².